The molecule has 0 saturated heterocycles. The molecule has 0 aliphatic heterocycles. The summed E-state index contributed by atoms with van der Waals surface area (Å²) in [5, 5.41) is 15.2. The van der Waals surface area contributed by atoms with Gasteiger partial charge in [0.2, 0.25) is 5.91 Å². The van der Waals surface area contributed by atoms with E-state index in [0.29, 0.717) is 12.3 Å². The highest BCUT2D eigenvalue weighted by Crippen LogP contribution is 2.39. The lowest BCUT2D eigenvalue weighted by atomic mass is 9.78. The molecule has 39 heavy (non-hydrogen) atoms. The van der Waals surface area contributed by atoms with Crippen LogP contribution in [0.25, 0.3) is 22.5 Å². The van der Waals surface area contributed by atoms with E-state index in [1.165, 1.54) is 0 Å². The van der Waals surface area contributed by atoms with Gasteiger partial charge in [-0.25, -0.2) is 10.4 Å². The van der Waals surface area contributed by atoms with Crippen LogP contribution in [0.5, 0.6) is 5.75 Å². The molecule has 2 N–H and O–H groups in total. The summed E-state index contributed by atoms with van der Waals surface area (Å²) in [7, 11) is 0. The number of hydrazone groups is 1. The molecule has 1 aromatic heterocycles. The molecular formula is C33H38N4O2. The third-order valence-electron chi connectivity index (χ3n) is 6.66. The van der Waals surface area contributed by atoms with Crippen molar-refractivity contribution < 1.29 is 9.90 Å². The number of carbonyl (C=O) groups is 1. The zero-order valence-corrected chi connectivity index (χ0v) is 23.7. The van der Waals surface area contributed by atoms with Gasteiger partial charge in [0.25, 0.3) is 0 Å². The van der Waals surface area contributed by atoms with Crippen LogP contribution in [-0.2, 0) is 22.2 Å². The first-order valence-electron chi connectivity index (χ1n) is 13.3. The minimum atomic E-state index is -0.239. The molecule has 0 fully saturated rings. The van der Waals surface area contributed by atoms with Crippen LogP contribution in [0.1, 0.15) is 64.7 Å². The SMILES string of the molecule is CC(C)(C)c1cc(/C=N\NC(=O)CCn2cnc(-c3ccccc3)c2-c2ccccc2)cc(C(C)(C)C)c1O. The van der Waals surface area contributed by atoms with Crippen LogP contribution in [0.2, 0.25) is 0 Å². The van der Waals surface area contributed by atoms with Crippen LogP contribution in [0.3, 0.4) is 0 Å². The predicted molar refractivity (Wildman–Crippen MR) is 159 cm³/mol. The normalized spacial score (nSPS) is 12.2. The van der Waals surface area contributed by atoms with Gasteiger partial charge in [0.05, 0.1) is 23.9 Å². The molecule has 3 aromatic carbocycles. The Balaban J connectivity index is 1.50. The average molecular weight is 523 g/mol. The molecule has 0 saturated carbocycles. The van der Waals surface area contributed by atoms with Crippen LogP contribution >= 0.6 is 0 Å². The summed E-state index contributed by atoms with van der Waals surface area (Å²) in [5.41, 5.74) is 8.66. The molecule has 202 valence electrons. The number of aryl methyl sites for hydroxylation is 1. The van der Waals surface area contributed by atoms with Gasteiger partial charge in [-0.1, -0.05) is 102 Å². The standard InChI is InChI=1S/C33H38N4O2/c1-32(2,3)26-19-23(20-27(31(26)39)33(4,5)6)21-35-36-28(38)17-18-37-22-34-29(24-13-9-7-10-14-24)30(37)25-15-11-8-12-16-25/h7-16,19-22,39H,17-18H2,1-6H3,(H,36,38)/b35-21-. The largest absolute Gasteiger partial charge is 0.507 e. The molecular weight excluding hydrogens is 484 g/mol. The second-order valence-electron chi connectivity index (χ2n) is 11.9. The van der Waals surface area contributed by atoms with Crippen molar-refractivity contribution in [1.29, 1.82) is 0 Å². The minimum Gasteiger partial charge on any atom is -0.507 e. The number of carbonyl (C=O) groups excluding carboxylic acids is 1. The number of phenolic OH excluding ortho intramolecular Hbond substituents is 1. The van der Waals surface area contributed by atoms with Crippen LogP contribution < -0.4 is 5.43 Å². The molecule has 4 rings (SSSR count). The smallest absolute Gasteiger partial charge is 0.241 e. The number of imidazole rings is 1. The van der Waals surface area contributed by atoms with Crippen LogP contribution in [-0.4, -0.2) is 26.8 Å². The van der Waals surface area contributed by atoms with Gasteiger partial charge in [0.15, 0.2) is 0 Å². The fourth-order valence-electron chi connectivity index (χ4n) is 4.59. The molecule has 0 radical (unpaired) electrons. The third kappa shape index (κ3) is 6.63. The topological polar surface area (TPSA) is 79.5 Å². The number of phenols is 1. The van der Waals surface area contributed by atoms with E-state index < -0.39 is 0 Å². The lowest BCUT2D eigenvalue weighted by Crippen LogP contribution is -2.20. The van der Waals surface area contributed by atoms with Crippen molar-refractivity contribution in [1.82, 2.24) is 15.0 Å². The van der Waals surface area contributed by atoms with E-state index in [9.17, 15) is 9.90 Å². The van der Waals surface area contributed by atoms with Gasteiger partial charge < -0.3 is 9.67 Å². The Kier molecular flexibility index (Phi) is 8.05. The van der Waals surface area contributed by atoms with Crippen LogP contribution in [0.15, 0.2) is 84.2 Å². The number of aromatic hydroxyl groups is 1. The van der Waals surface area contributed by atoms with Gasteiger partial charge in [0.1, 0.15) is 5.75 Å². The Morgan fingerprint density at radius 3 is 1.97 bits per heavy atom. The molecule has 1 heterocycles. The van der Waals surface area contributed by atoms with E-state index in [4.69, 9.17) is 0 Å². The molecule has 0 aliphatic carbocycles. The average Bonchev–Trinajstić information content (AvgIpc) is 3.32. The van der Waals surface area contributed by atoms with Crippen molar-refractivity contribution in [3.8, 4) is 28.3 Å². The zero-order valence-electron chi connectivity index (χ0n) is 23.7. The molecule has 6 heteroatoms. The van der Waals surface area contributed by atoms with E-state index in [2.05, 4.69) is 69.2 Å². The number of hydrogen-bond donors (Lipinski definition) is 2. The van der Waals surface area contributed by atoms with Crippen molar-refractivity contribution in [3.63, 3.8) is 0 Å². The summed E-state index contributed by atoms with van der Waals surface area (Å²) in [5.74, 6) is 0.131. The quantitative estimate of drug-likeness (QED) is 0.201. The molecule has 6 nitrogen and oxygen atoms in total. The first-order valence-corrected chi connectivity index (χ1v) is 13.3. The number of rotatable bonds is 7. The monoisotopic (exact) mass is 522 g/mol. The summed E-state index contributed by atoms with van der Waals surface area (Å²) in [6.45, 7) is 12.9. The van der Waals surface area contributed by atoms with E-state index >= 15 is 0 Å². The van der Waals surface area contributed by atoms with Gasteiger partial charge in [-0.15, -0.1) is 0 Å². The van der Waals surface area contributed by atoms with Crippen molar-refractivity contribution in [2.75, 3.05) is 0 Å². The Bertz CT molecular complexity index is 1420. The predicted octanol–water partition coefficient (Wildman–Crippen LogP) is 7.06. The summed E-state index contributed by atoms with van der Waals surface area (Å²) in [6, 6.07) is 24.0. The van der Waals surface area contributed by atoms with Gasteiger partial charge in [-0.05, 0) is 28.5 Å². The second-order valence-corrected chi connectivity index (χ2v) is 11.9. The van der Waals surface area contributed by atoms with Gasteiger partial charge >= 0.3 is 0 Å². The van der Waals surface area contributed by atoms with Gasteiger partial charge in [0, 0.05) is 35.2 Å². The van der Waals surface area contributed by atoms with Crippen molar-refractivity contribution in [2.45, 2.75) is 65.3 Å². The molecule has 0 aliphatic rings. The summed E-state index contributed by atoms with van der Waals surface area (Å²) < 4.78 is 2.02. The lowest BCUT2D eigenvalue weighted by molar-refractivity contribution is -0.121. The van der Waals surface area contributed by atoms with Gasteiger partial charge in [-0.2, -0.15) is 5.10 Å². The number of aromatic nitrogens is 2. The Hall–Kier alpha value is -4.19. The summed E-state index contributed by atoms with van der Waals surface area (Å²) >= 11 is 0. The Labute approximate surface area is 231 Å². The Morgan fingerprint density at radius 1 is 0.897 bits per heavy atom. The zero-order chi connectivity index (χ0) is 28.2. The first kappa shape index (κ1) is 27.8. The summed E-state index contributed by atoms with van der Waals surface area (Å²) in [6.07, 6.45) is 3.68. The second kappa shape index (κ2) is 11.3. The van der Waals surface area contributed by atoms with E-state index in [1.54, 1.807) is 12.5 Å². The van der Waals surface area contributed by atoms with E-state index in [0.717, 1.165) is 39.2 Å². The lowest BCUT2D eigenvalue weighted by Gasteiger charge is -2.27. The molecule has 1 amide bonds. The van der Waals surface area contributed by atoms with Crippen LogP contribution in [0, 0.1) is 0 Å². The number of benzene rings is 3. The highest BCUT2D eigenvalue weighted by atomic mass is 16.3. The maximum atomic E-state index is 12.7. The first-order chi connectivity index (χ1) is 18.4. The van der Waals surface area contributed by atoms with Crippen LogP contribution in [0.4, 0.5) is 0 Å². The minimum absolute atomic E-state index is 0.189. The van der Waals surface area contributed by atoms with Gasteiger partial charge in [-0.3, -0.25) is 4.79 Å². The van der Waals surface area contributed by atoms with Crippen molar-refractivity contribution in [2.24, 2.45) is 5.10 Å². The molecule has 0 unspecified atom stereocenters. The number of nitrogens with one attached hydrogen (secondary N) is 1. The molecule has 0 bridgehead atoms. The maximum absolute atomic E-state index is 12.7. The highest BCUT2D eigenvalue weighted by molar-refractivity contribution is 5.84. The molecule has 0 atom stereocenters. The molecule has 0 spiro atoms. The summed E-state index contributed by atoms with van der Waals surface area (Å²) in [4.78, 5) is 17.4. The van der Waals surface area contributed by atoms with E-state index in [-0.39, 0.29) is 23.2 Å². The third-order valence-corrected chi connectivity index (χ3v) is 6.66. The molecule has 4 aromatic rings. The fraction of sp³-hybridized carbons (Fsp3) is 0.303. The van der Waals surface area contributed by atoms with Crippen molar-refractivity contribution in [3.05, 3.63) is 95.8 Å². The number of hydrogen-bond acceptors (Lipinski definition) is 4. The Morgan fingerprint density at radius 2 is 1.44 bits per heavy atom. The number of amides is 1. The highest BCUT2D eigenvalue weighted by Gasteiger charge is 2.26. The fourth-order valence-corrected chi connectivity index (χ4v) is 4.59. The number of nitrogens with zero attached hydrogens (tertiary/aromatic N) is 3. The van der Waals surface area contributed by atoms with Crippen molar-refractivity contribution >= 4 is 12.1 Å². The van der Waals surface area contributed by atoms with E-state index in [1.807, 2.05) is 65.2 Å². The maximum Gasteiger partial charge on any atom is 0.241 e.